The van der Waals surface area contributed by atoms with Gasteiger partial charge in [0.1, 0.15) is 0 Å². The Morgan fingerprint density at radius 1 is 1.43 bits per heavy atom. The van der Waals surface area contributed by atoms with Crippen molar-refractivity contribution in [2.24, 2.45) is 0 Å². The number of thioether (sulfide) groups is 1. The van der Waals surface area contributed by atoms with Crippen LogP contribution in [0.15, 0.2) is 41.8 Å². The van der Waals surface area contributed by atoms with Gasteiger partial charge in [-0.05, 0) is 18.3 Å². The molecule has 0 aromatic heterocycles. The Bertz CT molecular complexity index is 551. The predicted molar refractivity (Wildman–Crippen MR) is 85.9 cm³/mol. The van der Waals surface area contributed by atoms with Crippen LogP contribution >= 0.6 is 24.0 Å². The van der Waals surface area contributed by atoms with Crippen molar-refractivity contribution in [2.45, 2.75) is 4.90 Å². The third kappa shape index (κ3) is 6.23. The highest BCUT2D eigenvalue weighted by atomic mass is 32.2. The summed E-state index contributed by atoms with van der Waals surface area (Å²) in [5.41, 5.74) is 4.89. The number of amides is 1. The van der Waals surface area contributed by atoms with Gasteiger partial charge in [0.2, 0.25) is 5.91 Å². The molecule has 9 heteroatoms. The van der Waals surface area contributed by atoms with Crippen molar-refractivity contribution >= 4 is 40.7 Å². The van der Waals surface area contributed by atoms with Crippen LogP contribution in [0, 0.1) is 10.1 Å². The van der Waals surface area contributed by atoms with Crippen LogP contribution in [0.3, 0.4) is 0 Å². The summed E-state index contributed by atoms with van der Waals surface area (Å²) in [5, 5.41) is 13.9. The summed E-state index contributed by atoms with van der Waals surface area (Å²) in [6, 6.07) is 6.25. The van der Waals surface area contributed by atoms with E-state index in [-0.39, 0.29) is 22.5 Å². The smallest absolute Gasteiger partial charge is 0.282 e. The number of hydrazine groups is 1. The van der Waals surface area contributed by atoms with E-state index in [0.717, 1.165) is 11.8 Å². The highest BCUT2D eigenvalue weighted by Crippen LogP contribution is 2.28. The van der Waals surface area contributed by atoms with E-state index in [1.165, 1.54) is 6.07 Å². The van der Waals surface area contributed by atoms with E-state index in [0.29, 0.717) is 11.4 Å². The van der Waals surface area contributed by atoms with Gasteiger partial charge >= 0.3 is 0 Å². The molecule has 0 atom stereocenters. The maximum Gasteiger partial charge on any atom is 0.282 e. The molecular weight excluding hydrogens is 312 g/mol. The molecular formula is C12H14N4O3S2. The van der Waals surface area contributed by atoms with Crippen LogP contribution in [0.4, 0.5) is 5.69 Å². The number of carbonyl (C=O) groups excluding carboxylic acids is 1. The van der Waals surface area contributed by atoms with E-state index >= 15 is 0 Å². The van der Waals surface area contributed by atoms with E-state index < -0.39 is 4.92 Å². The van der Waals surface area contributed by atoms with Gasteiger partial charge in [0.25, 0.3) is 5.69 Å². The predicted octanol–water partition coefficient (Wildman–Crippen LogP) is 1.37. The molecule has 0 unspecified atom stereocenters. The lowest BCUT2D eigenvalue weighted by Crippen LogP contribution is -2.47. The molecule has 0 heterocycles. The van der Waals surface area contributed by atoms with Crippen molar-refractivity contribution < 1.29 is 9.72 Å². The average Bonchev–Trinajstić information content (AvgIpc) is 2.48. The zero-order valence-electron chi connectivity index (χ0n) is 11.0. The first-order valence-electron chi connectivity index (χ1n) is 5.84. The Labute approximate surface area is 131 Å². The number of rotatable bonds is 6. The van der Waals surface area contributed by atoms with Crippen molar-refractivity contribution in [3.63, 3.8) is 0 Å². The molecule has 0 fully saturated rings. The quantitative estimate of drug-likeness (QED) is 0.239. The zero-order chi connectivity index (χ0) is 15.7. The molecule has 0 radical (unpaired) electrons. The number of thiocarbonyl (C=S) groups is 1. The molecule has 1 rings (SSSR count). The normalized spacial score (nSPS) is 9.52. The van der Waals surface area contributed by atoms with Crippen LogP contribution in [-0.2, 0) is 4.79 Å². The summed E-state index contributed by atoms with van der Waals surface area (Å²) in [6.45, 7) is 4.00. The molecule has 1 amide bonds. The number of nitrogens with one attached hydrogen (secondary N) is 3. The zero-order valence-corrected chi connectivity index (χ0v) is 12.6. The van der Waals surface area contributed by atoms with Crippen LogP contribution in [0.5, 0.6) is 0 Å². The highest BCUT2D eigenvalue weighted by molar-refractivity contribution is 8.00. The van der Waals surface area contributed by atoms with E-state index in [1.54, 1.807) is 24.3 Å². The van der Waals surface area contributed by atoms with Gasteiger partial charge in [-0.15, -0.1) is 18.3 Å². The molecule has 21 heavy (non-hydrogen) atoms. The Morgan fingerprint density at radius 3 is 2.81 bits per heavy atom. The summed E-state index contributed by atoms with van der Waals surface area (Å²) < 4.78 is 0. The molecule has 1 aromatic carbocycles. The van der Waals surface area contributed by atoms with Crippen LogP contribution < -0.4 is 16.2 Å². The van der Waals surface area contributed by atoms with Crippen LogP contribution in [0.2, 0.25) is 0 Å². The molecule has 0 bridgehead atoms. The summed E-state index contributed by atoms with van der Waals surface area (Å²) in [6.07, 6.45) is 1.63. The lowest BCUT2D eigenvalue weighted by Gasteiger charge is -2.10. The summed E-state index contributed by atoms with van der Waals surface area (Å²) in [4.78, 5) is 22.4. The minimum atomic E-state index is -0.479. The fourth-order valence-corrected chi connectivity index (χ4v) is 2.20. The molecule has 0 aliphatic rings. The number of nitro benzene ring substituents is 1. The van der Waals surface area contributed by atoms with Crippen LogP contribution in [0.1, 0.15) is 0 Å². The number of para-hydroxylation sites is 1. The molecule has 112 valence electrons. The summed E-state index contributed by atoms with van der Waals surface area (Å²) in [7, 11) is 0. The Kier molecular flexibility index (Phi) is 7.19. The van der Waals surface area contributed by atoms with Crippen molar-refractivity contribution in [3.8, 4) is 0 Å². The third-order valence-corrected chi connectivity index (χ3v) is 3.45. The first kappa shape index (κ1) is 16.9. The minimum absolute atomic E-state index is 0.0218. The largest absolute Gasteiger partial charge is 0.358 e. The molecule has 0 spiro atoms. The molecule has 0 aliphatic carbocycles. The Hall–Kier alpha value is -2.13. The second-order valence-corrected chi connectivity index (χ2v) is 5.11. The fraction of sp³-hybridized carbons (Fsp3) is 0.167. The van der Waals surface area contributed by atoms with Crippen molar-refractivity contribution in [1.29, 1.82) is 0 Å². The van der Waals surface area contributed by atoms with Gasteiger partial charge in [0, 0.05) is 12.6 Å². The van der Waals surface area contributed by atoms with Gasteiger partial charge in [-0.1, -0.05) is 18.2 Å². The molecule has 0 aliphatic heterocycles. The van der Waals surface area contributed by atoms with Crippen molar-refractivity contribution in [3.05, 3.63) is 47.0 Å². The van der Waals surface area contributed by atoms with E-state index in [1.807, 2.05) is 0 Å². The standard InChI is InChI=1S/C12H14N4O3S2/c1-2-7-13-12(20)15-14-11(17)8-21-10-6-4-3-5-9(10)16(18)19/h2-6H,1,7-8H2,(H,14,17)(H2,13,15,20). The maximum atomic E-state index is 11.6. The maximum absolute atomic E-state index is 11.6. The van der Waals surface area contributed by atoms with Crippen LogP contribution in [0.25, 0.3) is 0 Å². The number of hydrogen-bond acceptors (Lipinski definition) is 5. The molecule has 1 aromatic rings. The monoisotopic (exact) mass is 326 g/mol. The lowest BCUT2D eigenvalue weighted by molar-refractivity contribution is -0.387. The van der Waals surface area contributed by atoms with Crippen LogP contribution in [-0.4, -0.2) is 28.2 Å². The van der Waals surface area contributed by atoms with E-state index in [9.17, 15) is 14.9 Å². The Morgan fingerprint density at radius 2 is 2.14 bits per heavy atom. The molecule has 3 N–H and O–H groups in total. The Balaban J connectivity index is 2.41. The van der Waals surface area contributed by atoms with Gasteiger partial charge in [-0.3, -0.25) is 25.8 Å². The molecule has 7 nitrogen and oxygen atoms in total. The van der Waals surface area contributed by atoms with Gasteiger partial charge in [-0.2, -0.15) is 0 Å². The number of nitro groups is 1. The van der Waals surface area contributed by atoms with E-state index in [4.69, 9.17) is 12.2 Å². The van der Waals surface area contributed by atoms with Gasteiger partial charge in [0.05, 0.1) is 15.6 Å². The molecule has 0 saturated carbocycles. The number of benzene rings is 1. The van der Waals surface area contributed by atoms with Gasteiger partial charge < -0.3 is 5.32 Å². The minimum Gasteiger partial charge on any atom is -0.358 e. The van der Waals surface area contributed by atoms with Gasteiger partial charge in [-0.25, -0.2) is 0 Å². The second kappa shape index (κ2) is 8.93. The average molecular weight is 326 g/mol. The lowest BCUT2D eigenvalue weighted by atomic mass is 10.3. The molecule has 0 saturated heterocycles. The first-order valence-corrected chi connectivity index (χ1v) is 7.23. The van der Waals surface area contributed by atoms with Crippen molar-refractivity contribution in [2.75, 3.05) is 12.3 Å². The summed E-state index contributed by atoms with van der Waals surface area (Å²) in [5.74, 6) is -0.317. The van der Waals surface area contributed by atoms with Crippen molar-refractivity contribution in [1.82, 2.24) is 16.2 Å². The topological polar surface area (TPSA) is 96.3 Å². The third-order valence-electron chi connectivity index (χ3n) is 2.14. The summed E-state index contributed by atoms with van der Waals surface area (Å²) >= 11 is 5.97. The van der Waals surface area contributed by atoms with E-state index in [2.05, 4.69) is 22.7 Å². The van der Waals surface area contributed by atoms with Gasteiger partial charge in [0.15, 0.2) is 5.11 Å². The SMILES string of the molecule is C=CCNC(=S)NNC(=O)CSc1ccccc1[N+](=O)[O-]. The number of hydrogen-bond donors (Lipinski definition) is 3. The number of carbonyl (C=O) groups is 1. The first-order chi connectivity index (χ1) is 10.0. The number of nitrogens with zero attached hydrogens (tertiary/aromatic N) is 1. The highest BCUT2D eigenvalue weighted by Gasteiger charge is 2.14. The fourth-order valence-electron chi connectivity index (χ4n) is 1.24. The second-order valence-electron chi connectivity index (χ2n) is 3.69.